The van der Waals surface area contributed by atoms with Gasteiger partial charge in [-0.1, -0.05) is 33.6 Å². The molecule has 0 aliphatic rings. The fourth-order valence-corrected chi connectivity index (χ4v) is 3.33. The molecule has 0 radical (unpaired) electrons. The van der Waals surface area contributed by atoms with Crippen LogP contribution in [0.2, 0.25) is 5.02 Å². The van der Waals surface area contributed by atoms with E-state index >= 15 is 0 Å². The van der Waals surface area contributed by atoms with E-state index in [1.54, 1.807) is 20.9 Å². The number of sulfone groups is 1. The monoisotopic (exact) mass is 367 g/mol. The van der Waals surface area contributed by atoms with E-state index in [1.165, 1.54) is 6.26 Å². The van der Waals surface area contributed by atoms with E-state index in [9.17, 15) is 8.42 Å². The second-order valence-corrected chi connectivity index (χ2v) is 9.08. The summed E-state index contributed by atoms with van der Waals surface area (Å²) in [6.45, 7) is 3.46. The van der Waals surface area contributed by atoms with Gasteiger partial charge in [0.2, 0.25) is 0 Å². The van der Waals surface area contributed by atoms with Crippen LogP contribution in [0, 0.1) is 0 Å². The molecule has 0 bridgehead atoms. The minimum absolute atomic E-state index is 0.207. The van der Waals surface area contributed by atoms with Crippen molar-refractivity contribution in [2.75, 3.05) is 13.3 Å². The SMILES string of the molecule is CNC(Cc1ccc(Br)cc1Cl)C(C)(C)S(C)(=O)=O. The molecule has 0 spiro atoms. The second-order valence-electron chi connectivity index (χ2n) is 5.16. The van der Waals surface area contributed by atoms with Crippen molar-refractivity contribution in [1.29, 1.82) is 0 Å². The molecule has 1 rings (SSSR count). The summed E-state index contributed by atoms with van der Waals surface area (Å²) in [5.74, 6) is 0. The molecule has 6 heteroatoms. The van der Waals surface area contributed by atoms with Gasteiger partial charge in [-0.05, 0) is 45.0 Å². The second kappa shape index (κ2) is 6.12. The average Bonchev–Trinajstić information content (AvgIpc) is 2.26. The fourth-order valence-electron chi connectivity index (χ4n) is 1.86. The summed E-state index contributed by atoms with van der Waals surface area (Å²) in [6, 6.07) is 5.43. The molecule has 1 N–H and O–H groups in total. The zero-order chi connectivity index (χ0) is 14.8. The zero-order valence-corrected chi connectivity index (χ0v) is 14.7. The first-order valence-corrected chi connectivity index (χ1v) is 8.96. The van der Waals surface area contributed by atoms with Crippen LogP contribution in [0.15, 0.2) is 22.7 Å². The first-order valence-electron chi connectivity index (χ1n) is 5.90. The molecule has 1 unspecified atom stereocenters. The molecule has 0 saturated heterocycles. The maximum atomic E-state index is 11.9. The fraction of sp³-hybridized carbons (Fsp3) is 0.538. The molecule has 0 heterocycles. The first kappa shape index (κ1) is 17.0. The maximum Gasteiger partial charge on any atom is 0.154 e. The Hall–Kier alpha value is -0.100. The van der Waals surface area contributed by atoms with Gasteiger partial charge in [-0.2, -0.15) is 0 Å². The molecule has 1 atom stereocenters. The summed E-state index contributed by atoms with van der Waals surface area (Å²) in [6.07, 6.45) is 1.82. The van der Waals surface area contributed by atoms with Crippen LogP contribution >= 0.6 is 27.5 Å². The van der Waals surface area contributed by atoms with Crippen molar-refractivity contribution in [3.8, 4) is 0 Å². The van der Waals surface area contributed by atoms with Crippen LogP contribution in [0.4, 0.5) is 0 Å². The van der Waals surface area contributed by atoms with Crippen LogP contribution in [0.1, 0.15) is 19.4 Å². The summed E-state index contributed by atoms with van der Waals surface area (Å²) in [4.78, 5) is 0. The van der Waals surface area contributed by atoms with E-state index in [1.807, 2.05) is 18.2 Å². The molecular formula is C13H19BrClNO2S. The largest absolute Gasteiger partial charge is 0.315 e. The molecule has 0 aliphatic heterocycles. The Labute approximate surface area is 128 Å². The quantitative estimate of drug-likeness (QED) is 0.869. The summed E-state index contributed by atoms with van der Waals surface area (Å²) in [7, 11) is -1.40. The van der Waals surface area contributed by atoms with E-state index in [4.69, 9.17) is 11.6 Å². The number of rotatable bonds is 5. The summed E-state index contributed by atoms with van der Waals surface area (Å²) in [5, 5.41) is 3.73. The molecule has 19 heavy (non-hydrogen) atoms. The van der Waals surface area contributed by atoms with Crippen molar-refractivity contribution in [2.45, 2.75) is 31.1 Å². The third-order valence-electron chi connectivity index (χ3n) is 3.58. The Morgan fingerprint density at radius 2 is 2.00 bits per heavy atom. The van der Waals surface area contributed by atoms with Crippen LogP contribution in [-0.2, 0) is 16.3 Å². The Morgan fingerprint density at radius 3 is 2.42 bits per heavy atom. The van der Waals surface area contributed by atoms with Crippen LogP contribution in [0.3, 0.4) is 0 Å². The summed E-state index contributed by atoms with van der Waals surface area (Å²) >= 11 is 9.54. The number of benzene rings is 1. The Bertz CT molecular complexity index is 558. The standard InChI is InChI=1S/C13H19BrClNO2S/c1-13(2,19(4,17)18)12(16-3)7-9-5-6-10(14)8-11(9)15/h5-6,8,12,16H,7H2,1-4H3. The molecule has 0 aliphatic carbocycles. The number of likely N-dealkylation sites (N-methyl/N-ethyl adjacent to an activating group) is 1. The van der Waals surface area contributed by atoms with Crippen LogP contribution < -0.4 is 5.32 Å². The molecule has 3 nitrogen and oxygen atoms in total. The van der Waals surface area contributed by atoms with E-state index in [0.29, 0.717) is 11.4 Å². The highest BCUT2D eigenvalue weighted by molar-refractivity contribution is 9.10. The Balaban J connectivity index is 3.07. The average molecular weight is 369 g/mol. The number of nitrogens with one attached hydrogen (secondary N) is 1. The van der Waals surface area contributed by atoms with Gasteiger partial charge in [0.1, 0.15) is 0 Å². The number of hydrogen-bond acceptors (Lipinski definition) is 3. The van der Waals surface area contributed by atoms with Crippen molar-refractivity contribution in [3.05, 3.63) is 33.3 Å². The maximum absolute atomic E-state index is 11.9. The minimum Gasteiger partial charge on any atom is -0.315 e. The summed E-state index contributed by atoms with van der Waals surface area (Å²) in [5.41, 5.74) is 0.931. The van der Waals surface area contributed by atoms with E-state index < -0.39 is 14.6 Å². The number of hydrogen-bond donors (Lipinski definition) is 1. The van der Waals surface area contributed by atoms with Gasteiger partial charge in [-0.15, -0.1) is 0 Å². The minimum atomic E-state index is -3.17. The van der Waals surface area contributed by atoms with Gasteiger partial charge in [0.15, 0.2) is 9.84 Å². The van der Waals surface area contributed by atoms with Crippen molar-refractivity contribution >= 4 is 37.4 Å². The van der Waals surface area contributed by atoms with E-state index in [-0.39, 0.29) is 6.04 Å². The molecule has 0 saturated carbocycles. The Morgan fingerprint density at radius 1 is 1.42 bits per heavy atom. The van der Waals surface area contributed by atoms with Gasteiger partial charge in [0.25, 0.3) is 0 Å². The normalized spacial score (nSPS) is 14.4. The molecule has 1 aromatic rings. The van der Waals surface area contributed by atoms with Gasteiger partial charge in [0, 0.05) is 21.8 Å². The first-order chi connectivity index (χ1) is 8.59. The smallest absolute Gasteiger partial charge is 0.154 e. The van der Waals surface area contributed by atoms with Crippen molar-refractivity contribution < 1.29 is 8.42 Å². The highest BCUT2D eigenvalue weighted by Gasteiger charge is 2.38. The van der Waals surface area contributed by atoms with Gasteiger partial charge in [0.05, 0.1) is 4.75 Å². The van der Waals surface area contributed by atoms with E-state index in [2.05, 4.69) is 21.2 Å². The lowest BCUT2D eigenvalue weighted by molar-refractivity contribution is 0.431. The molecule has 0 amide bonds. The molecule has 0 fully saturated rings. The predicted molar refractivity (Wildman–Crippen MR) is 84.6 cm³/mol. The molecule has 108 valence electrons. The van der Waals surface area contributed by atoms with Crippen molar-refractivity contribution in [1.82, 2.24) is 5.32 Å². The van der Waals surface area contributed by atoms with Crippen LogP contribution in [0.5, 0.6) is 0 Å². The highest BCUT2D eigenvalue weighted by atomic mass is 79.9. The zero-order valence-electron chi connectivity index (χ0n) is 11.5. The third-order valence-corrected chi connectivity index (χ3v) is 6.62. The summed E-state index contributed by atoms with van der Waals surface area (Å²) < 4.78 is 23.8. The molecule has 1 aromatic carbocycles. The lowest BCUT2D eigenvalue weighted by Gasteiger charge is -2.32. The Kier molecular flexibility index (Phi) is 5.46. The van der Waals surface area contributed by atoms with Gasteiger partial charge >= 0.3 is 0 Å². The van der Waals surface area contributed by atoms with Crippen molar-refractivity contribution in [2.24, 2.45) is 0 Å². The van der Waals surface area contributed by atoms with Gasteiger partial charge in [-0.3, -0.25) is 0 Å². The third kappa shape index (κ3) is 3.94. The van der Waals surface area contributed by atoms with Gasteiger partial charge in [-0.25, -0.2) is 8.42 Å². The molecule has 0 aromatic heterocycles. The molecular weight excluding hydrogens is 350 g/mol. The lowest BCUT2D eigenvalue weighted by atomic mass is 9.95. The van der Waals surface area contributed by atoms with Crippen molar-refractivity contribution in [3.63, 3.8) is 0 Å². The van der Waals surface area contributed by atoms with Crippen LogP contribution in [0.25, 0.3) is 0 Å². The topological polar surface area (TPSA) is 46.2 Å². The highest BCUT2D eigenvalue weighted by Crippen LogP contribution is 2.27. The predicted octanol–water partition coefficient (Wildman–Crippen LogP) is 3.06. The van der Waals surface area contributed by atoms with Gasteiger partial charge < -0.3 is 5.32 Å². The van der Waals surface area contributed by atoms with E-state index in [0.717, 1.165) is 10.0 Å². The lowest BCUT2D eigenvalue weighted by Crippen LogP contribution is -2.51. The van der Waals surface area contributed by atoms with Crippen LogP contribution in [-0.4, -0.2) is 32.5 Å². The number of halogens is 2.